The Labute approximate surface area is 206 Å². The van der Waals surface area contributed by atoms with E-state index in [1.807, 2.05) is 23.1 Å². The highest BCUT2D eigenvalue weighted by Crippen LogP contribution is 2.32. The van der Waals surface area contributed by atoms with E-state index >= 15 is 0 Å². The molecule has 2 N–H and O–H groups in total. The third kappa shape index (κ3) is 5.89. The largest absolute Gasteiger partial charge is 0.527 e. The van der Waals surface area contributed by atoms with E-state index in [4.69, 9.17) is 14.4 Å². The van der Waals surface area contributed by atoms with E-state index in [1.54, 1.807) is 24.1 Å². The maximum Gasteiger partial charge on any atom is 0.527 e. The molecular weight excluding hydrogens is 508 g/mol. The Hall–Kier alpha value is -2.63. The molecule has 1 spiro atoms. The van der Waals surface area contributed by atoms with Crippen LogP contribution >= 0.6 is 15.9 Å². The Bertz CT molecular complexity index is 937. The number of nitrogens with one attached hydrogen (secondary N) is 2. The average Bonchev–Trinajstić information content (AvgIpc) is 3.25. The van der Waals surface area contributed by atoms with Gasteiger partial charge in [0.2, 0.25) is 0 Å². The third-order valence-electron chi connectivity index (χ3n) is 6.26. The van der Waals surface area contributed by atoms with Crippen molar-refractivity contribution >= 4 is 33.9 Å². The number of amides is 2. The van der Waals surface area contributed by atoms with Gasteiger partial charge in [0.15, 0.2) is 0 Å². The number of benzene rings is 1. The lowest BCUT2D eigenvalue weighted by molar-refractivity contribution is -0.141. The lowest BCUT2D eigenvalue weighted by Crippen LogP contribution is -2.46. The van der Waals surface area contributed by atoms with E-state index < -0.39 is 11.8 Å². The number of hydrogen-bond acceptors (Lipinski definition) is 8. The van der Waals surface area contributed by atoms with Crippen LogP contribution in [0.4, 0.5) is 4.79 Å². The second-order valence-electron chi connectivity index (χ2n) is 8.58. The number of hydroxylamine groups is 3. The van der Waals surface area contributed by atoms with E-state index in [0.717, 1.165) is 4.47 Å². The Kier molecular flexibility index (Phi) is 7.74. The molecule has 0 saturated carbocycles. The molecule has 11 heteroatoms. The fourth-order valence-corrected chi connectivity index (χ4v) is 4.57. The first-order chi connectivity index (χ1) is 16.4. The zero-order chi connectivity index (χ0) is 24.1. The van der Waals surface area contributed by atoms with E-state index in [-0.39, 0.29) is 24.5 Å². The maximum absolute atomic E-state index is 12.8. The highest BCUT2D eigenvalue weighted by atomic mass is 79.9. The van der Waals surface area contributed by atoms with Gasteiger partial charge in [-0.25, -0.2) is 4.79 Å². The van der Waals surface area contributed by atoms with Gasteiger partial charge in [0, 0.05) is 55.1 Å². The summed E-state index contributed by atoms with van der Waals surface area (Å²) < 4.78 is 5.71. The number of piperidine rings is 2. The molecule has 0 aromatic heterocycles. The van der Waals surface area contributed by atoms with Crippen molar-refractivity contribution in [3.63, 3.8) is 0 Å². The summed E-state index contributed by atoms with van der Waals surface area (Å²) in [5, 5.41) is 4.57. The van der Waals surface area contributed by atoms with Gasteiger partial charge in [0.25, 0.3) is 11.8 Å². The minimum Gasteiger partial charge on any atom is -0.433 e. The van der Waals surface area contributed by atoms with Crippen molar-refractivity contribution in [1.29, 1.82) is 0 Å². The first-order valence-electron chi connectivity index (χ1n) is 11.5. The lowest BCUT2D eigenvalue weighted by atomic mass is 9.90. The van der Waals surface area contributed by atoms with Crippen LogP contribution in [0, 0.1) is 0 Å². The van der Waals surface area contributed by atoms with Crippen LogP contribution in [0.1, 0.15) is 43.0 Å². The quantitative estimate of drug-likeness (QED) is 0.552. The van der Waals surface area contributed by atoms with Gasteiger partial charge in [-0.2, -0.15) is 0 Å². The standard InChI is InChI=1S/C23H29BrN4O6/c1-2-32-22(31)33-28-11-7-18(8-12-28)25-20(29)19-15-23(34-26-19)9-13-27(14-10-23)21(30)16-3-5-17(24)6-4-16/h3-6,15,18,26H,2,7-14H2,1H3,(H,25,29). The molecule has 0 bridgehead atoms. The normalized spacial score (nSPS) is 20.4. The molecule has 10 nitrogen and oxygen atoms in total. The minimum atomic E-state index is -0.711. The van der Waals surface area contributed by atoms with Crippen LogP contribution in [0.25, 0.3) is 0 Å². The predicted octanol–water partition coefficient (Wildman–Crippen LogP) is 2.51. The molecular formula is C23H29BrN4O6. The summed E-state index contributed by atoms with van der Waals surface area (Å²) in [5.41, 5.74) is 3.22. The molecule has 0 unspecified atom stereocenters. The van der Waals surface area contributed by atoms with Gasteiger partial charge in [0.05, 0.1) is 6.61 Å². The van der Waals surface area contributed by atoms with E-state index in [2.05, 4.69) is 26.7 Å². The second kappa shape index (κ2) is 10.7. The highest BCUT2D eigenvalue weighted by Gasteiger charge is 2.41. The first-order valence-corrected chi connectivity index (χ1v) is 12.3. The topological polar surface area (TPSA) is 109 Å². The van der Waals surface area contributed by atoms with Crippen molar-refractivity contribution in [2.45, 2.75) is 44.2 Å². The average molecular weight is 537 g/mol. The van der Waals surface area contributed by atoms with Crippen molar-refractivity contribution in [3.05, 3.63) is 46.1 Å². The van der Waals surface area contributed by atoms with Crippen LogP contribution in [0.15, 0.2) is 40.5 Å². The molecule has 3 aliphatic heterocycles. The van der Waals surface area contributed by atoms with Gasteiger partial charge in [-0.05, 0) is 50.1 Å². The molecule has 2 fully saturated rings. The second-order valence-corrected chi connectivity index (χ2v) is 9.49. The number of carbonyl (C=O) groups excluding carboxylic acids is 3. The summed E-state index contributed by atoms with van der Waals surface area (Å²) in [6.45, 7) is 4.09. The number of ether oxygens (including phenoxy) is 1. The summed E-state index contributed by atoms with van der Waals surface area (Å²) in [5.74, 6) is -0.233. The third-order valence-corrected chi connectivity index (χ3v) is 6.79. The fraction of sp³-hybridized carbons (Fsp3) is 0.522. The van der Waals surface area contributed by atoms with E-state index in [1.165, 1.54) is 0 Å². The van der Waals surface area contributed by atoms with Crippen LogP contribution in [0.3, 0.4) is 0 Å². The Morgan fingerprint density at radius 2 is 1.82 bits per heavy atom. The van der Waals surface area contributed by atoms with Gasteiger partial charge in [-0.15, -0.1) is 5.06 Å². The molecule has 4 rings (SSSR count). The van der Waals surface area contributed by atoms with Gasteiger partial charge in [-0.1, -0.05) is 15.9 Å². The van der Waals surface area contributed by atoms with Gasteiger partial charge < -0.3 is 19.8 Å². The summed E-state index contributed by atoms with van der Waals surface area (Å²) in [6, 6.07) is 7.29. The number of rotatable bonds is 5. The molecule has 184 valence electrons. The number of carbonyl (C=O) groups is 3. The SMILES string of the molecule is CCOC(=O)ON1CCC(NC(=O)C2=CC3(CCN(C(=O)c4ccc(Br)cc4)CC3)ON2)CC1. The fourth-order valence-electron chi connectivity index (χ4n) is 4.30. The Morgan fingerprint density at radius 3 is 2.47 bits per heavy atom. The molecule has 2 saturated heterocycles. The van der Waals surface area contributed by atoms with E-state index in [9.17, 15) is 14.4 Å². The molecule has 1 aromatic rings. The van der Waals surface area contributed by atoms with Gasteiger partial charge in [-0.3, -0.25) is 19.9 Å². The maximum atomic E-state index is 12.8. The predicted molar refractivity (Wildman–Crippen MR) is 125 cm³/mol. The van der Waals surface area contributed by atoms with Crippen molar-refractivity contribution in [2.24, 2.45) is 0 Å². The van der Waals surface area contributed by atoms with Crippen LogP contribution in [-0.4, -0.2) is 72.4 Å². The smallest absolute Gasteiger partial charge is 0.433 e. The molecule has 0 atom stereocenters. The zero-order valence-corrected chi connectivity index (χ0v) is 20.6. The minimum absolute atomic E-state index is 0.00599. The van der Waals surface area contributed by atoms with Crippen LogP contribution in [0.2, 0.25) is 0 Å². The monoisotopic (exact) mass is 536 g/mol. The van der Waals surface area contributed by atoms with Crippen LogP contribution in [0.5, 0.6) is 0 Å². The Morgan fingerprint density at radius 1 is 1.15 bits per heavy atom. The summed E-state index contributed by atoms with van der Waals surface area (Å²) in [7, 11) is 0. The molecule has 0 aliphatic carbocycles. The molecule has 34 heavy (non-hydrogen) atoms. The van der Waals surface area contributed by atoms with Crippen molar-refractivity contribution in [2.75, 3.05) is 32.8 Å². The summed E-state index contributed by atoms with van der Waals surface area (Å²) in [4.78, 5) is 49.7. The summed E-state index contributed by atoms with van der Waals surface area (Å²) in [6.07, 6.45) is 3.63. The molecule has 1 aromatic carbocycles. The van der Waals surface area contributed by atoms with Gasteiger partial charge >= 0.3 is 6.16 Å². The number of nitrogens with zero attached hydrogens (tertiary/aromatic N) is 2. The van der Waals surface area contributed by atoms with Crippen LogP contribution < -0.4 is 10.8 Å². The van der Waals surface area contributed by atoms with Crippen molar-refractivity contribution in [3.8, 4) is 0 Å². The van der Waals surface area contributed by atoms with Crippen molar-refractivity contribution < 1.29 is 28.8 Å². The van der Waals surface area contributed by atoms with E-state index in [0.29, 0.717) is 63.1 Å². The highest BCUT2D eigenvalue weighted by molar-refractivity contribution is 9.10. The number of hydrogen-bond donors (Lipinski definition) is 2. The van der Waals surface area contributed by atoms with Gasteiger partial charge in [0.1, 0.15) is 11.3 Å². The van der Waals surface area contributed by atoms with Crippen molar-refractivity contribution in [1.82, 2.24) is 20.8 Å². The zero-order valence-electron chi connectivity index (χ0n) is 19.0. The number of halogens is 1. The lowest BCUT2D eigenvalue weighted by Gasteiger charge is -2.36. The Balaban J connectivity index is 1.24. The molecule has 0 radical (unpaired) electrons. The summed E-state index contributed by atoms with van der Waals surface area (Å²) >= 11 is 3.38. The first kappa shape index (κ1) is 24.5. The molecule has 3 aliphatic rings. The molecule has 2 amide bonds. The van der Waals surface area contributed by atoms with Crippen LogP contribution in [-0.2, 0) is 19.2 Å². The molecule has 3 heterocycles. The number of likely N-dealkylation sites (tertiary alicyclic amines) is 1.